The summed E-state index contributed by atoms with van der Waals surface area (Å²) in [5.41, 5.74) is 0. The number of anilines is 1. The number of carbonyl (C=O) groups excluding carboxylic acids is 1. The van der Waals surface area contributed by atoms with E-state index in [0.717, 1.165) is 0 Å². The van der Waals surface area contributed by atoms with Gasteiger partial charge in [-0.3, -0.25) is 4.79 Å². The lowest BCUT2D eigenvalue weighted by Gasteiger charge is -2.21. The number of hydrogen-bond acceptors (Lipinski definition) is 4. The zero-order valence-corrected chi connectivity index (χ0v) is 6.93. The average Bonchev–Trinajstić information content (AvgIpc) is 2.16. The topological polar surface area (TPSA) is 88.5 Å². The highest BCUT2D eigenvalue weighted by Crippen LogP contribution is 2.26. The standard InChI is InChI=1S/C8H6N2O4/c11-7-5(8(12)13)14-4-2-1-3-9-6(4)10-7/h1-3,5H,(H,12,13)(H,9,10,11). The fourth-order valence-electron chi connectivity index (χ4n) is 1.10. The van der Waals surface area contributed by atoms with Crippen molar-refractivity contribution in [1.29, 1.82) is 0 Å². The summed E-state index contributed by atoms with van der Waals surface area (Å²) < 4.78 is 4.93. The Morgan fingerprint density at radius 1 is 1.64 bits per heavy atom. The number of rotatable bonds is 1. The van der Waals surface area contributed by atoms with Crippen LogP contribution < -0.4 is 10.1 Å². The van der Waals surface area contributed by atoms with Crippen LogP contribution in [0.1, 0.15) is 0 Å². The van der Waals surface area contributed by atoms with Gasteiger partial charge in [-0.15, -0.1) is 0 Å². The molecule has 0 aliphatic carbocycles. The molecular weight excluding hydrogens is 188 g/mol. The Kier molecular flexibility index (Phi) is 1.81. The molecule has 2 N–H and O–H groups in total. The van der Waals surface area contributed by atoms with Crippen molar-refractivity contribution in [2.24, 2.45) is 0 Å². The van der Waals surface area contributed by atoms with Crippen LogP contribution in [-0.4, -0.2) is 28.1 Å². The molecular formula is C8H6N2O4. The summed E-state index contributed by atoms with van der Waals surface area (Å²) in [6.07, 6.45) is -0.0180. The first-order valence-electron chi connectivity index (χ1n) is 3.84. The third-order valence-corrected chi connectivity index (χ3v) is 1.72. The Hall–Kier alpha value is -2.11. The van der Waals surface area contributed by atoms with Gasteiger partial charge in [0.05, 0.1) is 0 Å². The summed E-state index contributed by atoms with van der Waals surface area (Å²) in [4.78, 5) is 25.5. The molecule has 0 fully saturated rings. The fraction of sp³-hybridized carbons (Fsp3) is 0.125. The first-order valence-corrected chi connectivity index (χ1v) is 3.84. The molecule has 6 heteroatoms. The van der Waals surface area contributed by atoms with Gasteiger partial charge in [0.1, 0.15) is 0 Å². The third kappa shape index (κ3) is 1.26. The molecule has 72 valence electrons. The van der Waals surface area contributed by atoms with Crippen LogP contribution in [0.4, 0.5) is 5.82 Å². The third-order valence-electron chi connectivity index (χ3n) is 1.72. The van der Waals surface area contributed by atoms with Crippen molar-refractivity contribution in [3.63, 3.8) is 0 Å². The highest BCUT2D eigenvalue weighted by atomic mass is 16.5. The smallest absolute Gasteiger partial charge is 0.354 e. The second kappa shape index (κ2) is 2.99. The van der Waals surface area contributed by atoms with E-state index in [9.17, 15) is 9.59 Å². The molecule has 2 heterocycles. The summed E-state index contributed by atoms with van der Waals surface area (Å²) in [7, 11) is 0. The number of aromatic nitrogens is 1. The number of hydrogen-bond donors (Lipinski definition) is 2. The zero-order chi connectivity index (χ0) is 10.1. The molecule has 0 saturated carbocycles. The highest BCUT2D eigenvalue weighted by molar-refractivity contribution is 6.08. The maximum absolute atomic E-state index is 11.1. The summed E-state index contributed by atoms with van der Waals surface area (Å²) in [6.45, 7) is 0. The molecule has 0 bridgehead atoms. The van der Waals surface area contributed by atoms with Crippen molar-refractivity contribution in [3.05, 3.63) is 18.3 Å². The number of amides is 1. The zero-order valence-electron chi connectivity index (χ0n) is 6.93. The molecule has 0 spiro atoms. The molecule has 2 rings (SSSR count). The monoisotopic (exact) mass is 194 g/mol. The molecule has 14 heavy (non-hydrogen) atoms. The van der Waals surface area contributed by atoms with Gasteiger partial charge < -0.3 is 15.2 Å². The SMILES string of the molecule is O=C(O)C1Oc2cccnc2NC1=O. The molecule has 1 aliphatic rings. The van der Waals surface area contributed by atoms with Gasteiger partial charge in [0, 0.05) is 6.20 Å². The number of aliphatic carboxylic acids is 1. The summed E-state index contributed by atoms with van der Waals surface area (Å²) in [6, 6.07) is 3.13. The number of nitrogens with one attached hydrogen (secondary N) is 1. The molecule has 1 amide bonds. The molecule has 1 aliphatic heterocycles. The summed E-state index contributed by atoms with van der Waals surface area (Å²) in [5, 5.41) is 11.0. The van der Waals surface area contributed by atoms with E-state index in [4.69, 9.17) is 9.84 Å². The fourth-order valence-corrected chi connectivity index (χ4v) is 1.10. The van der Waals surface area contributed by atoms with E-state index < -0.39 is 18.0 Å². The van der Waals surface area contributed by atoms with Crippen LogP contribution in [-0.2, 0) is 9.59 Å². The van der Waals surface area contributed by atoms with Crippen LogP contribution in [0.5, 0.6) is 5.75 Å². The number of carboxylic acids is 1. The van der Waals surface area contributed by atoms with Crippen LogP contribution in [0.15, 0.2) is 18.3 Å². The Balaban J connectivity index is 2.36. The molecule has 1 aromatic heterocycles. The predicted octanol–water partition coefficient (Wildman–Crippen LogP) is -0.134. The second-order valence-electron chi connectivity index (χ2n) is 2.68. The van der Waals surface area contributed by atoms with Crippen molar-refractivity contribution >= 4 is 17.7 Å². The van der Waals surface area contributed by atoms with E-state index in [2.05, 4.69) is 10.3 Å². The maximum atomic E-state index is 11.1. The normalized spacial score (nSPS) is 19.1. The molecule has 6 nitrogen and oxygen atoms in total. The number of carboxylic acid groups (broad SMARTS) is 1. The van der Waals surface area contributed by atoms with Crippen LogP contribution in [0, 0.1) is 0 Å². The Morgan fingerprint density at radius 2 is 2.43 bits per heavy atom. The maximum Gasteiger partial charge on any atom is 0.354 e. The highest BCUT2D eigenvalue weighted by Gasteiger charge is 2.34. The Labute approximate surface area is 78.5 Å². The minimum absolute atomic E-state index is 0.245. The number of fused-ring (bicyclic) bond motifs is 1. The van der Waals surface area contributed by atoms with Crippen LogP contribution in [0.25, 0.3) is 0 Å². The van der Waals surface area contributed by atoms with Gasteiger partial charge in [-0.2, -0.15) is 0 Å². The van der Waals surface area contributed by atoms with Crippen LogP contribution in [0.3, 0.4) is 0 Å². The largest absolute Gasteiger partial charge is 0.478 e. The molecule has 1 unspecified atom stereocenters. The van der Waals surface area contributed by atoms with Crippen LogP contribution in [0.2, 0.25) is 0 Å². The average molecular weight is 194 g/mol. The van der Waals surface area contributed by atoms with Crippen LogP contribution >= 0.6 is 0 Å². The quantitative estimate of drug-likeness (QED) is 0.607. The second-order valence-corrected chi connectivity index (χ2v) is 2.68. The van der Waals surface area contributed by atoms with Crippen molar-refractivity contribution < 1.29 is 19.4 Å². The minimum Gasteiger partial charge on any atom is -0.478 e. The van der Waals surface area contributed by atoms with E-state index in [1.165, 1.54) is 12.3 Å². The number of pyridine rings is 1. The van der Waals surface area contributed by atoms with E-state index in [0.29, 0.717) is 0 Å². The lowest BCUT2D eigenvalue weighted by Crippen LogP contribution is -2.43. The van der Waals surface area contributed by atoms with Gasteiger partial charge in [0.15, 0.2) is 11.6 Å². The van der Waals surface area contributed by atoms with Gasteiger partial charge in [-0.1, -0.05) is 0 Å². The van der Waals surface area contributed by atoms with Crippen molar-refractivity contribution in [2.45, 2.75) is 6.10 Å². The number of carbonyl (C=O) groups is 2. The van der Waals surface area contributed by atoms with E-state index in [-0.39, 0.29) is 11.6 Å². The molecule has 1 atom stereocenters. The number of nitrogens with zero attached hydrogens (tertiary/aromatic N) is 1. The van der Waals surface area contributed by atoms with Gasteiger partial charge >= 0.3 is 5.97 Å². The van der Waals surface area contributed by atoms with Crippen molar-refractivity contribution in [1.82, 2.24) is 4.98 Å². The van der Waals surface area contributed by atoms with E-state index >= 15 is 0 Å². The predicted molar refractivity (Wildman–Crippen MR) is 44.9 cm³/mol. The first-order chi connectivity index (χ1) is 6.68. The van der Waals surface area contributed by atoms with Crippen molar-refractivity contribution in [2.75, 3.05) is 5.32 Å². The molecule has 0 aromatic carbocycles. The van der Waals surface area contributed by atoms with Gasteiger partial charge in [-0.05, 0) is 12.1 Å². The Morgan fingerprint density at radius 3 is 3.14 bits per heavy atom. The lowest BCUT2D eigenvalue weighted by molar-refractivity contribution is -0.149. The minimum atomic E-state index is -1.49. The summed E-state index contributed by atoms with van der Waals surface area (Å²) in [5.74, 6) is -1.53. The lowest BCUT2D eigenvalue weighted by atomic mass is 10.2. The van der Waals surface area contributed by atoms with Gasteiger partial charge in [-0.25, -0.2) is 9.78 Å². The van der Waals surface area contributed by atoms with E-state index in [1.54, 1.807) is 6.07 Å². The molecule has 1 aromatic rings. The molecule has 0 radical (unpaired) electrons. The number of ether oxygens (including phenoxy) is 1. The van der Waals surface area contributed by atoms with E-state index in [1.807, 2.05) is 0 Å². The Bertz CT molecular complexity index is 404. The molecule has 0 saturated heterocycles. The van der Waals surface area contributed by atoms with Gasteiger partial charge in [0.25, 0.3) is 12.0 Å². The van der Waals surface area contributed by atoms with Crippen molar-refractivity contribution in [3.8, 4) is 5.75 Å². The van der Waals surface area contributed by atoms with Gasteiger partial charge in [0.2, 0.25) is 0 Å². The first kappa shape index (κ1) is 8.49. The summed E-state index contributed by atoms with van der Waals surface area (Å²) >= 11 is 0.